The molecule has 4 rings (SSSR count). The molecular weight excluding hydrogens is 566 g/mol. The predicted molar refractivity (Wildman–Crippen MR) is 173 cm³/mol. The third-order valence-electron chi connectivity index (χ3n) is 6.82. The average Bonchev–Trinajstić information content (AvgIpc) is 3.31. The largest absolute Gasteiger partial charge is 0.495 e. The fraction of sp³-hybridized carbons (Fsp3) is 0.387. The topological polar surface area (TPSA) is 137 Å². The van der Waals surface area contributed by atoms with Crippen molar-refractivity contribution in [1.82, 2.24) is 19.4 Å². The van der Waals surface area contributed by atoms with Gasteiger partial charge >= 0.3 is 5.97 Å². The summed E-state index contributed by atoms with van der Waals surface area (Å²) in [6.07, 6.45) is 2.89. The molecule has 0 fully saturated rings. The van der Waals surface area contributed by atoms with Gasteiger partial charge in [0.15, 0.2) is 0 Å². The Kier molecular flexibility index (Phi) is 10.7. The third-order valence-corrected chi connectivity index (χ3v) is 6.82. The monoisotopic (exact) mass is 607 g/mol. The first-order chi connectivity index (χ1) is 20.4. The molecule has 236 valence electrons. The van der Waals surface area contributed by atoms with Crippen LogP contribution in [0.2, 0.25) is 0 Å². The highest BCUT2D eigenvalue weighted by Gasteiger charge is 2.25. The first kappa shape index (κ1) is 33.6. The molecule has 13 nitrogen and oxygen atoms in total. The summed E-state index contributed by atoms with van der Waals surface area (Å²) in [5.74, 6) is 0.561. The fourth-order valence-corrected chi connectivity index (χ4v) is 4.73. The van der Waals surface area contributed by atoms with E-state index < -0.39 is 10.9 Å². The summed E-state index contributed by atoms with van der Waals surface area (Å²) < 4.78 is 18.6. The van der Waals surface area contributed by atoms with E-state index in [-0.39, 0.29) is 30.7 Å². The molecule has 4 aromatic rings. The summed E-state index contributed by atoms with van der Waals surface area (Å²) >= 11 is 0. The molecule has 0 aliphatic carbocycles. The minimum absolute atomic E-state index is 0. The van der Waals surface area contributed by atoms with E-state index in [1.54, 1.807) is 34.1 Å². The van der Waals surface area contributed by atoms with E-state index in [0.29, 0.717) is 47.2 Å². The zero-order chi connectivity index (χ0) is 31.4. The van der Waals surface area contributed by atoms with Crippen molar-refractivity contribution >= 4 is 39.9 Å². The van der Waals surface area contributed by atoms with Gasteiger partial charge in [-0.05, 0) is 34.0 Å². The molecule has 0 bridgehead atoms. The number of hydrogen-bond acceptors (Lipinski definition) is 11. The number of methoxy groups -OCH3 is 2. The molecule has 0 radical (unpaired) electrons. The van der Waals surface area contributed by atoms with E-state index >= 15 is 0 Å². The molecule has 0 aliphatic rings. The fourth-order valence-electron chi connectivity index (χ4n) is 4.73. The van der Waals surface area contributed by atoms with Gasteiger partial charge < -0.3 is 33.9 Å². The van der Waals surface area contributed by atoms with Crippen LogP contribution in [0, 0.1) is 10.1 Å². The summed E-state index contributed by atoms with van der Waals surface area (Å²) in [4.78, 5) is 37.7. The Morgan fingerprint density at radius 1 is 1.11 bits per heavy atom. The lowest BCUT2D eigenvalue weighted by Crippen LogP contribution is -2.29. The molecule has 44 heavy (non-hydrogen) atoms. The zero-order valence-corrected chi connectivity index (χ0v) is 25.7. The van der Waals surface area contributed by atoms with Crippen LogP contribution in [0.4, 0.5) is 23.0 Å². The number of para-hydroxylation sites is 1. The number of likely N-dealkylation sites (N-methyl/N-ethyl adjacent to an activating group) is 2. The Bertz CT molecular complexity index is 1650. The van der Waals surface area contributed by atoms with Gasteiger partial charge in [0.1, 0.15) is 22.7 Å². The van der Waals surface area contributed by atoms with E-state index in [2.05, 4.69) is 10.3 Å². The van der Waals surface area contributed by atoms with Crippen LogP contribution in [0.1, 0.15) is 31.6 Å². The molecule has 13 heteroatoms. The minimum atomic E-state index is -0.574. The van der Waals surface area contributed by atoms with Gasteiger partial charge in [-0.25, -0.2) is 14.8 Å². The number of benzene rings is 2. The second-order valence-electron chi connectivity index (χ2n) is 10.6. The second-order valence-corrected chi connectivity index (χ2v) is 10.6. The third kappa shape index (κ3) is 7.00. The summed E-state index contributed by atoms with van der Waals surface area (Å²) in [6, 6.07) is 8.64. The van der Waals surface area contributed by atoms with E-state index in [1.807, 2.05) is 59.9 Å². The van der Waals surface area contributed by atoms with Crippen LogP contribution in [0.15, 0.2) is 42.7 Å². The van der Waals surface area contributed by atoms with Crippen LogP contribution in [-0.2, 0) is 11.8 Å². The van der Waals surface area contributed by atoms with Gasteiger partial charge in [-0.1, -0.05) is 19.6 Å². The van der Waals surface area contributed by atoms with Crippen LogP contribution in [0.25, 0.3) is 22.2 Å². The molecule has 1 N–H and O–H groups in total. The molecule has 2 aromatic heterocycles. The summed E-state index contributed by atoms with van der Waals surface area (Å²) in [6.45, 7) is 4.80. The maximum Gasteiger partial charge on any atom is 0.342 e. The Hall–Kier alpha value is -4.91. The van der Waals surface area contributed by atoms with Crippen molar-refractivity contribution in [2.24, 2.45) is 7.05 Å². The maximum absolute atomic E-state index is 13.1. The van der Waals surface area contributed by atoms with Crippen molar-refractivity contribution in [3.05, 3.63) is 58.4 Å². The molecule has 2 aromatic carbocycles. The van der Waals surface area contributed by atoms with Crippen LogP contribution >= 0.6 is 0 Å². The number of hydrogen-bond donors (Lipinski definition) is 1. The molecule has 0 spiro atoms. The normalized spacial score (nSPS) is 11.0. The van der Waals surface area contributed by atoms with Gasteiger partial charge in [-0.3, -0.25) is 10.1 Å². The van der Waals surface area contributed by atoms with E-state index in [0.717, 1.165) is 10.9 Å². The molecule has 0 atom stereocenters. The number of fused-ring (bicyclic) bond motifs is 1. The molecular formula is C31H41N7O6. The Morgan fingerprint density at radius 2 is 1.82 bits per heavy atom. The lowest BCUT2D eigenvalue weighted by atomic mass is 10.1. The van der Waals surface area contributed by atoms with Gasteiger partial charge in [0.05, 0.1) is 42.1 Å². The smallest absolute Gasteiger partial charge is 0.342 e. The minimum Gasteiger partial charge on any atom is -0.495 e. The Balaban J connectivity index is 0.00000529. The molecule has 0 saturated heterocycles. The average molecular weight is 608 g/mol. The number of esters is 1. The molecule has 0 saturated carbocycles. The van der Waals surface area contributed by atoms with Crippen molar-refractivity contribution in [3.8, 4) is 22.8 Å². The molecule has 0 unspecified atom stereocenters. The van der Waals surface area contributed by atoms with Gasteiger partial charge in [0.2, 0.25) is 5.95 Å². The van der Waals surface area contributed by atoms with Crippen LogP contribution in [0.5, 0.6) is 11.5 Å². The number of ether oxygens (including phenoxy) is 3. The number of carbonyl (C=O) groups is 1. The summed E-state index contributed by atoms with van der Waals surface area (Å²) in [7, 11) is 10.6. The van der Waals surface area contributed by atoms with E-state index in [4.69, 9.17) is 19.2 Å². The van der Waals surface area contributed by atoms with Crippen molar-refractivity contribution in [2.45, 2.75) is 27.4 Å². The van der Waals surface area contributed by atoms with Crippen LogP contribution in [0.3, 0.4) is 0 Å². The van der Waals surface area contributed by atoms with Gasteiger partial charge in [-0.15, -0.1) is 0 Å². The molecule has 2 heterocycles. The highest BCUT2D eigenvalue weighted by molar-refractivity contribution is 6.04. The van der Waals surface area contributed by atoms with Crippen molar-refractivity contribution < 1.29 is 23.9 Å². The number of nitrogens with one attached hydrogen (secondary N) is 1. The number of aryl methyl sites for hydroxylation is 1. The predicted octanol–water partition coefficient (Wildman–Crippen LogP) is 5.50. The van der Waals surface area contributed by atoms with Crippen LogP contribution in [-0.4, -0.2) is 84.9 Å². The van der Waals surface area contributed by atoms with Crippen molar-refractivity contribution in [1.29, 1.82) is 0 Å². The lowest BCUT2D eigenvalue weighted by molar-refractivity contribution is -0.384. The van der Waals surface area contributed by atoms with Crippen molar-refractivity contribution in [2.75, 3.05) is 58.7 Å². The quantitative estimate of drug-likeness (QED) is 0.124. The SMILES string of the molecule is C.COc1cc(N(C)CCN(C)C)c([N+](=O)[O-])cc1Nc1ncc(C(=O)OC(C)C)c(-c2cn(C)c3c(OC)cccc23)n1. The molecule has 0 amide bonds. The number of nitrogens with zero attached hydrogens (tertiary/aromatic N) is 6. The van der Waals surface area contributed by atoms with E-state index in [1.165, 1.54) is 19.4 Å². The standard InChI is InChI=1S/C30H37N7O6.CH4/c1-18(2)43-29(38)20-16-31-30(33-27(20)21-17-36(6)28-19(21)10-9-11-25(28)41-7)32-22-14-24(37(39)40)23(15-26(22)42-8)35(5)13-12-34(3)4;/h9-11,14-18H,12-13H2,1-8H3,(H,31,32,33);1H4. The summed E-state index contributed by atoms with van der Waals surface area (Å²) in [5, 5.41) is 16.0. The van der Waals surface area contributed by atoms with Gasteiger partial charge in [0.25, 0.3) is 5.69 Å². The zero-order valence-electron chi connectivity index (χ0n) is 25.7. The number of carbonyl (C=O) groups excluding carboxylic acids is 1. The molecule has 0 aliphatic heterocycles. The second kappa shape index (κ2) is 14.0. The first-order valence-corrected chi connectivity index (χ1v) is 13.6. The maximum atomic E-state index is 13.1. The number of anilines is 3. The Morgan fingerprint density at radius 3 is 2.43 bits per heavy atom. The van der Waals surface area contributed by atoms with Gasteiger partial charge in [0, 0.05) is 62.7 Å². The highest BCUT2D eigenvalue weighted by atomic mass is 16.6. The van der Waals surface area contributed by atoms with E-state index in [9.17, 15) is 14.9 Å². The number of rotatable bonds is 12. The number of nitro benzene ring substituents is 1. The summed E-state index contributed by atoms with van der Waals surface area (Å²) in [5.41, 5.74) is 2.58. The van der Waals surface area contributed by atoms with Crippen molar-refractivity contribution in [3.63, 3.8) is 0 Å². The Labute approximate surface area is 257 Å². The number of aromatic nitrogens is 3. The van der Waals surface area contributed by atoms with Gasteiger partial charge in [-0.2, -0.15) is 0 Å². The van der Waals surface area contributed by atoms with Crippen LogP contribution < -0.4 is 19.7 Å². The first-order valence-electron chi connectivity index (χ1n) is 13.6. The highest BCUT2D eigenvalue weighted by Crippen LogP contribution is 2.40. The lowest BCUT2D eigenvalue weighted by Gasteiger charge is -2.22. The number of nitro groups is 1.